The van der Waals surface area contributed by atoms with Gasteiger partial charge in [-0.25, -0.2) is 4.79 Å². The molecule has 5 heteroatoms. The molecule has 0 bridgehead atoms. The normalized spacial score (nSPS) is 14.5. The second kappa shape index (κ2) is 6.00. The van der Waals surface area contributed by atoms with Crippen molar-refractivity contribution in [1.29, 1.82) is 0 Å². The molecule has 1 aromatic rings. The monoisotopic (exact) mass is 267 g/mol. The van der Waals surface area contributed by atoms with Gasteiger partial charge in [-0.2, -0.15) is 0 Å². The van der Waals surface area contributed by atoms with Crippen LogP contribution < -0.4 is 5.32 Å². The third-order valence-electron chi connectivity index (χ3n) is 3.06. The summed E-state index contributed by atoms with van der Waals surface area (Å²) >= 11 is 1.51. The SMILES string of the molecule is CNC(=O)COC(=O)c1cc2c(s1)CCCCC2. The Morgan fingerprint density at radius 3 is 2.89 bits per heavy atom. The summed E-state index contributed by atoms with van der Waals surface area (Å²) in [5.41, 5.74) is 1.28. The van der Waals surface area contributed by atoms with Crippen LogP contribution >= 0.6 is 11.3 Å². The molecule has 0 atom stereocenters. The molecule has 1 amide bonds. The van der Waals surface area contributed by atoms with Gasteiger partial charge in [0.2, 0.25) is 0 Å². The summed E-state index contributed by atoms with van der Waals surface area (Å²) in [4.78, 5) is 24.7. The average Bonchev–Trinajstić information content (AvgIpc) is 2.67. The standard InChI is InChI=1S/C13H17NO3S/c1-14-12(15)8-17-13(16)11-7-9-5-3-2-4-6-10(9)18-11/h7H,2-6,8H2,1H3,(H,14,15). The third-order valence-corrected chi connectivity index (χ3v) is 4.28. The Hall–Kier alpha value is -1.36. The molecule has 0 fully saturated rings. The molecule has 98 valence electrons. The van der Waals surface area contributed by atoms with Gasteiger partial charge in [0.25, 0.3) is 5.91 Å². The lowest BCUT2D eigenvalue weighted by atomic mass is 10.1. The molecule has 1 heterocycles. The fourth-order valence-corrected chi connectivity index (χ4v) is 3.19. The van der Waals surface area contributed by atoms with E-state index in [0.717, 1.165) is 12.8 Å². The number of ether oxygens (including phenoxy) is 1. The second-order valence-electron chi connectivity index (χ2n) is 4.37. The molecule has 0 spiro atoms. The predicted molar refractivity (Wildman–Crippen MR) is 69.9 cm³/mol. The van der Waals surface area contributed by atoms with Crippen LogP contribution in [0.5, 0.6) is 0 Å². The van der Waals surface area contributed by atoms with Crippen molar-refractivity contribution >= 4 is 23.2 Å². The molecule has 1 aliphatic carbocycles. The first kappa shape index (κ1) is 13.1. The minimum Gasteiger partial charge on any atom is -0.451 e. The number of hydrogen-bond acceptors (Lipinski definition) is 4. The van der Waals surface area contributed by atoms with E-state index in [1.54, 1.807) is 0 Å². The van der Waals surface area contributed by atoms with E-state index >= 15 is 0 Å². The van der Waals surface area contributed by atoms with Gasteiger partial charge in [-0.1, -0.05) is 6.42 Å². The lowest BCUT2D eigenvalue weighted by Gasteiger charge is -2.01. The van der Waals surface area contributed by atoms with Crippen molar-refractivity contribution in [2.45, 2.75) is 32.1 Å². The molecule has 1 N–H and O–H groups in total. The molecule has 18 heavy (non-hydrogen) atoms. The Kier molecular flexibility index (Phi) is 4.36. The Morgan fingerprint density at radius 1 is 1.33 bits per heavy atom. The Balaban J connectivity index is 2.00. The number of likely N-dealkylation sites (N-methyl/N-ethyl adjacent to an activating group) is 1. The average molecular weight is 267 g/mol. The number of nitrogens with one attached hydrogen (secondary N) is 1. The van der Waals surface area contributed by atoms with Crippen LogP contribution in [0.25, 0.3) is 0 Å². The van der Waals surface area contributed by atoms with Crippen molar-refractivity contribution in [2.75, 3.05) is 13.7 Å². The number of esters is 1. The molecule has 0 aromatic carbocycles. The fourth-order valence-electron chi connectivity index (χ4n) is 2.04. The maximum absolute atomic E-state index is 11.8. The maximum atomic E-state index is 11.8. The topological polar surface area (TPSA) is 55.4 Å². The molecule has 4 nitrogen and oxygen atoms in total. The zero-order valence-electron chi connectivity index (χ0n) is 10.5. The molecule has 1 aromatic heterocycles. The van der Waals surface area contributed by atoms with Gasteiger partial charge in [-0.05, 0) is 37.3 Å². The minimum atomic E-state index is -0.392. The van der Waals surface area contributed by atoms with E-state index in [9.17, 15) is 9.59 Å². The lowest BCUT2D eigenvalue weighted by Crippen LogP contribution is -2.24. The molecule has 0 saturated heterocycles. The van der Waals surface area contributed by atoms with E-state index in [2.05, 4.69) is 5.32 Å². The molecular weight excluding hydrogens is 250 g/mol. The lowest BCUT2D eigenvalue weighted by molar-refractivity contribution is -0.123. The highest BCUT2D eigenvalue weighted by atomic mass is 32.1. The summed E-state index contributed by atoms with van der Waals surface area (Å²) in [5.74, 6) is -0.682. The number of thiophene rings is 1. The van der Waals surface area contributed by atoms with Gasteiger partial charge in [0, 0.05) is 11.9 Å². The van der Waals surface area contributed by atoms with Gasteiger partial charge in [0.1, 0.15) is 4.88 Å². The summed E-state index contributed by atoms with van der Waals surface area (Å²) in [6, 6.07) is 1.93. The van der Waals surface area contributed by atoms with Gasteiger partial charge >= 0.3 is 5.97 Å². The van der Waals surface area contributed by atoms with Crippen LogP contribution in [0.2, 0.25) is 0 Å². The van der Waals surface area contributed by atoms with Crippen molar-refractivity contribution < 1.29 is 14.3 Å². The molecular formula is C13H17NO3S. The van der Waals surface area contributed by atoms with Crippen LogP contribution in [-0.2, 0) is 22.4 Å². The van der Waals surface area contributed by atoms with Crippen LogP contribution in [0.4, 0.5) is 0 Å². The molecule has 1 aliphatic rings. The van der Waals surface area contributed by atoms with Crippen LogP contribution in [0.3, 0.4) is 0 Å². The highest BCUT2D eigenvalue weighted by molar-refractivity contribution is 7.14. The Morgan fingerprint density at radius 2 is 2.11 bits per heavy atom. The van der Waals surface area contributed by atoms with Crippen molar-refractivity contribution in [3.05, 3.63) is 21.4 Å². The van der Waals surface area contributed by atoms with E-state index in [4.69, 9.17) is 4.74 Å². The van der Waals surface area contributed by atoms with Gasteiger partial charge in [0.05, 0.1) is 0 Å². The summed E-state index contributed by atoms with van der Waals surface area (Å²) in [5, 5.41) is 2.42. The number of carbonyl (C=O) groups is 2. The van der Waals surface area contributed by atoms with Crippen LogP contribution in [0.1, 0.15) is 39.4 Å². The van der Waals surface area contributed by atoms with Gasteiger partial charge in [0.15, 0.2) is 6.61 Å². The maximum Gasteiger partial charge on any atom is 0.348 e. The number of aryl methyl sites for hydroxylation is 2. The van der Waals surface area contributed by atoms with Crippen LogP contribution in [0, 0.1) is 0 Å². The number of amides is 1. The van der Waals surface area contributed by atoms with E-state index in [0.29, 0.717) is 4.88 Å². The zero-order valence-corrected chi connectivity index (χ0v) is 11.3. The third kappa shape index (κ3) is 3.10. The highest BCUT2D eigenvalue weighted by Crippen LogP contribution is 2.29. The highest BCUT2D eigenvalue weighted by Gasteiger charge is 2.17. The van der Waals surface area contributed by atoms with E-state index in [1.807, 2.05) is 6.07 Å². The first-order valence-electron chi connectivity index (χ1n) is 6.20. The molecule has 0 saturated carbocycles. The largest absolute Gasteiger partial charge is 0.451 e. The minimum absolute atomic E-state index is 0.210. The van der Waals surface area contributed by atoms with Gasteiger partial charge in [-0.15, -0.1) is 11.3 Å². The first-order valence-corrected chi connectivity index (χ1v) is 7.01. The predicted octanol–water partition coefficient (Wildman–Crippen LogP) is 1.92. The number of carbonyl (C=O) groups excluding carboxylic acids is 2. The molecule has 0 unspecified atom stereocenters. The van der Waals surface area contributed by atoms with E-state index in [1.165, 1.54) is 48.1 Å². The second-order valence-corrected chi connectivity index (χ2v) is 5.51. The van der Waals surface area contributed by atoms with E-state index in [-0.39, 0.29) is 12.5 Å². The number of rotatable bonds is 3. The number of hydrogen-bond donors (Lipinski definition) is 1. The summed E-state index contributed by atoms with van der Waals surface area (Å²) in [6.45, 7) is -0.210. The summed E-state index contributed by atoms with van der Waals surface area (Å²) in [6.07, 6.45) is 5.76. The van der Waals surface area contributed by atoms with Crippen molar-refractivity contribution in [3.8, 4) is 0 Å². The Labute approximate surface area is 110 Å². The molecule has 2 rings (SSSR count). The van der Waals surface area contributed by atoms with Gasteiger partial charge in [-0.3, -0.25) is 4.79 Å². The summed E-state index contributed by atoms with van der Waals surface area (Å²) in [7, 11) is 1.52. The van der Waals surface area contributed by atoms with Crippen molar-refractivity contribution in [2.24, 2.45) is 0 Å². The van der Waals surface area contributed by atoms with Crippen LogP contribution in [0.15, 0.2) is 6.07 Å². The van der Waals surface area contributed by atoms with Crippen molar-refractivity contribution in [3.63, 3.8) is 0 Å². The summed E-state index contributed by atoms with van der Waals surface area (Å²) < 4.78 is 4.95. The van der Waals surface area contributed by atoms with E-state index < -0.39 is 5.97 Å². The van der Waals surface area contributed by atoms with Crippen LogP contribution in [-0.4, -0.2) is 25.5 Å². The Bertz CT molecular complexity index is 430. The zero-order chi connectivity index (χ0) is 13.0. The smallest absolute Gasteiger partial charge is 0.348 e. The van der Waals surface area contributed by atoms with Crippen molar-refractivity contribution in [1.82, 2.24) is 5.32 Å². The quantitative estimate of drug-likeness (QED) is 0.672. The fraction of sp³-hybridized carbons (Fsp3) is 0.538. The molecule has 0 aliphatic heterocycles. The van der Waals surface area contributed by atoms with Gasteiger partial charge < -0.3 is 10.1 Å². The first-order chi connectivity index (χ1) is 8.70. The number of fused-ring (bicyclic) bond motifs is 1. The molecule has 0 radical (unpaired) electrons.